The second-order valence-corrected chi connectivity index (χ2v) is 11.8. The Morgan fingerprint density at radius 3 is 0.980 bits per heavy atom. The van der Waals surface area contributed by atoms with E-state index < -0.39 is 10.1 Å². The molecule has 0 aromatic heterocycles. The Kier molecular flexibility index (Phi) is 31.6. The number of ether oxygens (including phenoxy) is 12. The second kappa shape index (κ2) is 34.3. The van der Waals surface area contributed by atoms with E-state index in [0.29, 0.717) is 139 Å². The van der Waals surface area contributed by atoms with Crippen molar-refractivity contribution in [2.45, 2.75) is 18.2 Å². The topological polar surface area (TPSA) is 171 Å². The number of benzene rings is 1. The minimum Gasteiger partial charge on any atom is -0.469 e. The lowest BCUT2D eigenvalue weighted by molar-refractivity contribution is -0.141. The van der Waals surface area contributed by atoms with Gasteiger partial charge in [-0.3, -0.25) is 8.98 Å². The van der Waals surface area contributed by atoms with Gasteiger partial charge in [-0.25, -0.2) is 0 Å². The maximum absolute atomic E-state index is 12.1. The van der Waals surface area contributed by atoms with Crippen molar-refractivity contribution in [2.75, 3.05) is 159 Å². The molecule has 0 bridgehead atoms. The summed E-state index contributed by atoms with van der Waals surface area (Å²) in [5, 5.41) is 0. The van der Waals surface area contributed by atoms with Gasteiger partial charge >= 0.3 is 5.97 Å². The molecule has 0 amide bonds. The molecule has 1 aromatic carbocycles. The Hall–Kier alpha value is -1.84. The van der Waals surface area contributed by atoms with Gasteiger partial charge in [0.2, 0.25) is 0 Å². The summed E-state index contributed by atoms with van der Waals surface area (Å²) >= 11 is 0. The number of carbonyl (C=O) groups is 1. The highest BCUT2D eigenvalue weighted by atomic mass is 32.2. The Morgan fingerprint density at radius 1 is 0.440 bits per heavy atom. The van der Waals surface area contributed by atoms with Crippen LogP contribution in [-0.4, -0.2) is 173 Å². The normalized spacial score (nSPS) is 11.7. The minimum atomic E-state index is -3.78. The fraction of sp³-hybridized carbons (Fsp3) is 0.788. The van der Waals surface area contributed by atoms with E-state index in [1.165, 1.54) is 19.2 Å². The lowest BCUT2D eigenvalue weighted by Gasteiger charge is -2.09. The molecule has 0 saturated carbocycles. The van der Waals surface area contributed by atoms with Crippen molar-refractivity contribution in [3.8, 4) is 0 Å². The second-order valence-electron chi connectivity index (χ2n) is 10.2. The lowest BCUT2D eigenvalue weighted by Crippen LogP contribution is -2.16. The van der Waals surface area contributed by atoms with Gasteiger partial charge in [-0.1, -0.05) is 17.7 Å². The summed E-state index contributed by atoms with van der Waals surface area (Å²) in [4.78, 5) is 11.0. The van der Waals surface area contributed by atoms with Crippen LogP contribution >= 0.6 is 0 Å². The van der Waals surface area contributed by atoms with Crippen molar-refractivity contribution in [3.05, 3.63) is 29.8 Å². The number of carbonyl (C=O) groups excluding carboxylic acids is 1. The third kappa shape index (κ3) is 29.8. The van der Waals surface area contributed by atoms with Gasteiger partial charge in [0, 0.05) is 0 Å². The average molecular weight is 743 g/mol. The summed E-state index contributed by atoms with van der Waals surface area (Å²) in [7, 11) is -2.43. The Bertz CT molecular complexity index is 996. The van der Waals surface area contributed by atoms with E-state index >= 15 is 0 Å². The van der Waals surface area contributed by atoms with Crippen LogP contribution < -0.4 is 0 Å². The van der Waals surface area contributed by atoms with Crippen molar-refractivity contribution in [1.82, 2.24) is 0 Å². The lowest BCUT2D eigenvalue weighted by atomic mass is 10.2. The molecule has 0 aliphatic carbocycles. The number of aryl methyl sites for hydroxylation is 1. The SMILES string of the molecule is COC(=O)CCOCCOCCOCCOCCOCCOCCOCCOCCOCCOCCOCCOS(=O)(=O)c1ccc(C)cc1. The van der Waals surface area contributed by atoms with Crippen LogP contribution in [0.1, 0.15) is 12.0 Å². The van der Waals surface area contributed by atoms with Crippen LogP contribution in [0.3, 0.4) is 0 Å². The molecule has 0 spiro atoms. The fourth-order valence-corrected chi connectivity index (χ4v) is 4.43. The van der Waals surface area contributed by atoms with Gasteiger partial charge in [-0.2, -0.15) is 8.42 Å². The Morgan fingerprint density at radius 2 is 0.700 bits per heavy atom. The third-order valence-electron chi connectivity index (χ3n) is 6.17. The standard InChI is InChI=1S/C33H58O16S/c1-31-3-5-32(6-4-31)50(35,36)49-30-29-48-28-27-47-26-25-46-24-23-45-22-21-44-20-19-43-18-17-42-16-15-41-14-13-40-12-11-39-10-9-38-8-7-33(34)37-2/h3-6H,7-30H2,1-2H3. The van der Waals surface area contributed by atoms with Crippen LogP contribution in [0.4, 0.5) is 0 Å². The maximum Gasteiger partial charge on any atom is 0.307 e. The van der Waals surface area contributed by atoms with Gasteiger partial charge in [0.05, 0.1) is 170 Å². The predicted octanol–water partition coefficient (Wildman–Crippen LogP) is 1.45. The van der Waals surface area contributed by atoms with Gasteiger partial charge in [-0.15, -0.1) is 0 Å². The number of hydrogen-bond donors (Lipinski definition) is 0. The van der Waals surface area contributed by atoms with Crippen LogP contribution in [0.5, 0.6) is 0 Å². The third-order valence-corrected chi connectivity index (χ3v) is 7.50. The van der Waals surface area contributed by atoms with Crippen molar-refractivity contribution in [3.63, 3.8) is 0 Å². The van der Waals surface area contributed by atoms with Crippen LogP contribution in [0.25, 0.3) is 0 Å². The molecule has 0 N–H and O–H groups in total. The predicted molar refractivity (Wildman–Crippen MR) is 180 cm³/mol. The Balaban J connectivity index is 1.67. The first-order valence-corrected chi connectivity index (χ1v) is 18.2. The van der Waals surface area contributed by atoms with Crippen LogP contribution in [0.15, 0.2) is 29.2 Å². The zero-order valence-corrected chi connectivity index (χ0v) is 30.5. The number of rotatable bonds is 38. The zero-order valence-electron chi connectivity index (χ0n) is 29.7. The first-order chi connectivity index (χ1) is 24.5. The largest absolute Gasteiger partial charge is 0.469 e. The Labute approximate surface area is 297 Å². The highest BCUT2D eigenvalue weighted by Gasteiger charge is 2.14. The average Bonchev–Trinajstić information content (AvgIpc) is 3.11. The number of methoxy groups -OCH3 is 1. The molecule has 0 radical (unpaired) electrons. The highest BCUT2D eigenvalue weighted by molar-refractivity contribution is 7.86. The van der Waals surface area contributed by atoms with Gasteiger partial charge in [0.1, 0.15) is 0 Å². The molecule has 1 rings (SSSR count). The molecule has 0 saturated heterocycles. The smallest absolute Gasteiger partial charge is 0.307 e. The monoisotopic (exact) mass is 742 g/mol. The molecule has 0 aliphatic rings. The fourth-order valence-electron chi connectivity index (χ4n) is 3.53. The van der Waals surface area contributed by atoms with Crippen LogP contribution in [0.2, 0.25) is 0 Å². The summed E-state index contributed by atoms with van der Waals surface area (Å²) in [6.45, 7) is 11.2. The maximum atomic E-state index is 12.1. The molecule has 0 unspecified atom stereocenters. The van der Waals surface area contributed by atoms with Crippen LogP contribution in [0, 0.1) is 6.92 Å². The molecule has 17 heteroatoms. The summed E-state index contributed by atoms with van der Waals surface area (Å²) in [6, 6.07) is 6.47. The summed E-state index contributed by atoms with van der Waals surface area (Å²) in [6.07, 6.45) is 0.237. The van der Waals surface area contributed by atoms with E-state index in [-0.39, 0.29) is 30.5 Å². The zero-order chi connectivity index (χ0) is 36.2. The van der Waals surface area contributed by atoms with Crippen molar-refractivity contribution < 1.29 is 74.2 Å². The molecule has 50 heavy (non-hydrogen) atoms. The molecule has 0 fully saturated rings. The summed E-state index contributed by atoms with van der Waals surface area (Å²) < 4.78 is 93.2. The van der Waals surface area contributed by atoms with Gasteiger partial charge in [0.15, 0.2) is 0 Å². The van der Waals surface area contributed by atoms with Gasteiger partial charge < -0.3 is 56.8 Å². The quantitative estimate of drug-likeness (QED) is 0.0541. The number of esters is 1. The van der Waals surface area contributed by atoms with E-state index in [0.717, 1.165) is 5.56 Å². The molecule has 292 valence electrons. The van der Waals surface area contributed by atoms with E-state index in [1.807, 2.05) is 6.92 Å². The van der Waals surface area contributed by atoms with Crippen molar-refractivity contribution in [2.24, 2.45) is 0 Å². The van der Waals surface area contributed by atoms with E-state index in [1.54, 1.807) is 12.1 Å². The van der Waals surface area contributed by atoms with E-state index in [4.69, 9.17) is 56.3 Å². The number of hydrogen-bond acceptors (Lipinski definition) is 16. The summed E-state index contributed by atoms with van der Waals surface area (Å²) in [5.41, 5.74) is 0.972. The molecular weight excluding hydrogens is 684 g/mol. The molecule has 0 aliphatic heterocycles. The van der Waals surface area contributed by atoms with Crippen molar-refractivity contribution >= 4 is 16.1 Å². The van der Waals surface area contributed by atoms with Crippen molar-refractivity contribution in [1.29, 1.82) is 0 Å². The molecule has 16 nitrogen and oxygen atoms in total. The van der Waals surface area contributed by atoms with Crippen LogP contribution in [-0.2, 0) is 75.9 Å². The molecular formula is C33H58O16S. The first-order valence-electron chi connectivity index (χ1n) is 16.8. The summed E-state index contributed by atoms with van der Waals surface area (Å²) in [5.74, 6) is -0.293. The van der Waals surface area contributed by atoms with Gasteiger partial charge in [0.25, 0.3) is 10.1 Å². The highest BCUT2D eigenvalue weighted by Crippen LogP contribution is 2.12. The first kappa shape index (κ1) is 46.2. The van der Waals surface area contributed by atoms with E-state index in [9.17, 15) is 13.2 Å². The van der Waals surface area contributed by atoms with Gasteiger partial charge in [-0.05, 0) is 19.1 Å². The minimum absolute atomic E-state index is 0.0643. The molecule has 0 heterocycles. The molecule has 1 aromatic rings. The molecule has 0 atom stereocenters. The van der Waals surface area contributed by atoms with E-state index in [2.05, 4.69) is 4.74 Å².